The number of guanidine groups is 1. The van der Waals surface area contributed by atoms with Crippen LogP contribution in [0.25, 0.3) is 5.65 Å². The van der Waals surface area contributed by atoms with Crippen molar-refractivity contribution in [3.05, 3.63) is 30.2 Å². The molecule has 0 radical (unpaired) electrons. The predicted octanol–water partition coefficient (Wildman–Crippen LogP) is 1.46. The molecule has 0 atom stereocenters. The third kappa shape index (κ3) is 7.53. The van der Waals surface area contributed by atoms with E-state index in [0.717, 1.165) is 43.4 Å². The summed E-state index contributed by atoms with van der Waals surface area (Å²) in [4.78, 5) is 4.22. The summed E-state index contributed by atoms with van der Waals surface area (Å²) in [5.41, 5.74) is 0.839. The van der Waals surface area contributed by atoms with Crippen molar-refractivity contribution >= 4 is 35.6 Å². The maximum atomic E-state index is 5.43. The molecule has 2 N–H and O–H groups in total. The Labute approximate surface area is 165 Å². The minimum Gasteiger partial charge on any atom is -0.382 e. The molecular formula is C16H27IN6O2. The Bertz CT molecular complexity index is 634. The number of hydrogen-bond donors (Lipinski definition) is 2. The van der Waals surface area contributed by atoms with E-state index in [1.54, 1.807) is 14.2 Å². The van der Waals surface area contributed by atoms with Crippen molar-refractivity contribution in [2.45, 2.75) is 19.4 Å². The molecule has 0 aliphatic rings. The molecular weight excluding hydrogens is 435 g/mol. The van der Waals surface area contributed by atoms with Crippen molar-refractivity contribution < 1.29 is 9.47 Å². The molecule has 0 amide bonds. The van der Waals surface area contributed by atoms with Crippen molar-refractivity contribution in [3.63, 3.8) is 0 Å². The molecule has 140 valence electrons. The highest BCUT2D eigenvalue weighted by Gasteiger charge is 2.05. The molecule has 9 heteroatoms. The molecule has 0 bridgehead atoms. The summed E-state index contributed by atoms with van der Waals surface area (Å²) in [7, 11) is 3.43. The maximum Gasteiger partial charge on any atom is 0.191 e. The smallest absolute Gasteiger partial charge is 0.191 e. The van der Waals surface area contributed by atoms with Crippen LogP contribution in [0.5, 0.6) is 0 Å². The number of fused-ring (bicyclic) bond motifs is 1. The highest BCUT2D eigenvalue weighted by atomic mass is 127. The van der Waals surface area contributed by atoms with Gasteiger partial charge in [0.1, 0.15) is 0 Å². The van der Waals surface area contributed by atoms with Crippen molar-refractivity contribution in [1.82, 2.24) is 25.2 Å². The summed E-state index contributed by atoms with van der Waals surface area (Å²) >= 11 is 0. The molecule has 0 aromatic carbocycles. The summed E-state index contributed by atoms with van der Waals surface area (Å²) in [5, 5.41) is 14.9. The number of methoxy groups -OCH3 is 1. The number of unbranched alkanes of at least 4 members (excludes halogenated alkanes) is 1. The number of aromatic nitrogens is 3. The van der Waals surface area contributed by atoms with Gasteiger partial charge < -0.3 is 20.1 Å². The first-order valence-electron chi connectivity index (χ1n) is 8.15. The van der Waals surface area contributed by atoms with E-state index in [-0.39, 0.29) is 24.0 Å². The number of nitrogens with one attached hydrogen (secondary N) is 2. The van der Waals surface area contributed by atoms with Crippen LogP contribution < -0.4 is 10.6 Å². The van der Waals surface area contributed by atoms with Crippen molar-refractivity contribution in [2.24, 2.45) is 4.99 Å². The average Bonchev–Trinajstić information content (AvgIpc) is 3.03. The van der Waals surface area contributed by atoms with Gasteiger partial charge in [0.25, 0.3) is 0 Å². The Kier molecular flexibility index (Phi) is 11.1. The van der Waals surface area contributed by atoms with Gasteiger partial charge in [0.15, 0.2) is 17.4 Å². The first kappa shape index (κ1) is 21.6. The summed E-state index contributed by atoms with van der Waals surface area (Å²) < 4.78 is 12.3. The summed E-state index contributed by atoms with van der Waals surface area (Å²) in [6, 6.07) is 5.83. The van der Waals surface area contributed by atoms with Gasteiger partial charge in [-0.1, -0.05) is 6.07 Å². The first-order valence-corrected chi connectivity index (χ1v) is 8.15. The Hall–Kier alpha value is -1.46. The van der Waals surface area contributed by atoms with E-state index < -0.39 is 0 Å². The standard InChI is InChI=1S/C16H26N6O2.HI/c1-17-16(18-8-4-6-10-24-12-11-23-2)19-13-15-21-20-14-7-3-5-9-22(14)15;/h3,5,7,9H,4,6,8,10-13H2,1-2H3,(H2,17,18,19);1H. The third-order valence-electron chi connectivity index (χ3n) is 3.46. The zero-order valence-electron chi connectivity index (χ0n) is 14.8. The van der Waals surface area contributed by atoms with E-state index in [4.69, 9.17) is 9.47 Å². The highest BCUT2D eigenvalue weighted by Crippen LogP contribution is 2.02. The van der Waals surface area contributed by atoms with Crippen LogP contribution in [-0.2, 0) is 16.0 Å². The predicted molar refractivity (Wildman–Crippen MR) is 109 cm³/mol. The summed E-state index contributed by atoms with van der Waals surface area (Å²) in [5.74, 6) is 1.60. The second-order valence-corrected chi connectivity index (χ2v) is 5.21. The lowest BCUT2D eigenvalue weighted by Crippen LogP contribution is -2.37. The lowest BCUT2D eigenvalue weighted by atomic mass is 10.3. The van der Waals surface area contributed by atoms with E-state index >= 15 is 0 Å². The molecule has 2 aromatic heterocycles. The third-order valence-corrected chi connectivity index (χ3v) is 3.46. The quantitative estimate of drug-likeness (QED) is 0.241. The number of aliphatic imine (C=N–C) groups is 1. The Morgan fingerprint density at radius 1 is 1.16 bits per heavy atom. The van der Waals surface area contributed by atoms with Gasteiger partial charge in [-0.2, -0.15) is 0 Å². The molecule has 25 heavy (non-hydrogen) atoms. The maximum absolute atomic E-state index is 5.43. The fraction of sp³-hybridized carbons (Fsp3) is 0.562. The molecule has 2 rings (SSSR count). The van der Waals surface area contributed by atoms with Crippen LogP contribution in [-0.4, -0.2) is 61.1 Å². The van der Waals surface area contributed by atoms with Gasteiger partial charge in [0.2, 0.25) is 0 Å². The monoisotopic (exact) mass is 462 g/mol. The zero-order chi connectivity index (χ0) is 17.0. The minimum atomic E-state index is 0. The number of hydrogen-bond acceptors (Lipinski definition) is 5. The van der Waals surface area contributed by atoms with Crippen molar-refractivity contribution in [1.29, 1.82) is 0 Å². The van der Waals surface area contributed by atoms with Gasteiger partial charge in [0, 0.05) is 33.5 Å². The van der Waals surface area contributed by atoms with E-state index in [1.165, 1.54) is 0 Å². The molecule has 0 saturated carbocycles. The second-order valence-electron chi connectivity index (χ2n) is 5.21. The van der Waals surface area contributed by atoms with E-state index in [2.05, 4.69) is 25.8 Å². The largest absolute Gasteiger partial charge is 0.382 e. The van der Waals surface area contributed by atoms with Crippen LogP contribution in [0.15, 0.2) is 29.4 Å². The molecule has 0 aliphatic heterocycles. The molecule has 0 unspecified atom stereocenters. The molecule has 0 saturated heterocycles. The highest BCUT2D eigenvalue weighted by molar-refractivity contribution is 14.0. The van der Waals surface area contributed by atoms with Gasteiger partial charge in [-0.15, -0.1) is 34.2 Å². The van der Waals surface area contributed by atoms with Crippen LogP contribution in [0, 0.1) is 0 Å². The number of rotatable bonds is 10. The van der Waals surface area contributed by atoms with Crippen molar-refractivity contribution in [2.75, 3.05) is 40.5 Å². The molecule has 0 aliphatic carbocycles. The fourth-order valence-corrected chi connectivity index (χ4v) is 2.18. The zero-order valence-corrected chi connectivity index (χ0v) is 17.1. The molecule has 2 heterocycles. The molecule has 8 nitrogen and oxygen atoms in total. The van der Waals surface area contributed by atoms with E-state index in [1.807, 2.05) is 28.8 Å². The van der Waals surface area contributed by atoms with E-state index in [9.17, 15) is 0 Å². The fourth-order valence-electron chi connectivity index (χ4n) is 2.18. The van der Waals surface area contributed by atoms with Crippen LogP contribution in [0.3, 0.4) is 0 Å². The van der Waals surface area contributed by atoms with Crippen LogP contribution >= 0.6 is 24.0 Å². The first-order chi connectivity index (χ1) is 11.8. The normalized spacial score (nSPS) is 11.4. The topological polar surface area (TPSA) is 85.1 Å². The number of ether oxygens (including phenoxy) is 2. The second kappa shape index (κ2) is 12.8. The number of nitrogens with zero attached hydrogens (tertiary/aromatic N) is 4. The average molecular weight is 462 g/mol. The molecule has 0 fully saturated rings. The van der Waals surface area contributed by atoms with Crippen LogP contribution in [0.4, 0.5) is 0 Å². The summed E-state index contributed by atoms with van der Waals surface area (Å²) in [6.45, 7) is 3.45. The van der Waals surface area contributed by atoms with Gasteiger partial charge in [-0.05, 0) is 25.0 Å². The van der Waals surface area contributed by atoms with Gasteiger partial charge in [-0.3, -0.25) is 9.39 Å². The minimum absolute atomic E-state index is 0. The Morgan fingerprint density at radius 3 is 2.84 bits per heavy atom. The lowest BCUT2D eigenvalue weighted by molar-refractivity contribution is 0.0689. The van der Waals surface area contributed by atoms with Gasteiger partial charge in [0.05, 0.1) is 19.8 Å². The van der Waals surface area contributed by atoms with Gasteiger partial charge in [-0.25, -0.2) is 0 Å². The lowest BCUT2D eigenvalue weighted by Gasteiger charge is -2.11. The molecule has 2 aromatic rings. The Balaban J connectivity index is 0.00000312. The number of halogens is 1. The van der Waals surface area contributed by atoms with Crippen LogP contribution in [0.1, 0.15) is 18.7 Å². The summed E-state index contributed by atoms with van der Waals surface area (Å²) in [6.07, 6.45) is 3.97. The molecule has 0 spiro atoms. The van der Waals surface area contributed by atoms with Crippen molar-refractivity contribution in [3.8, 4) is 0 Å². The number of pyridine rings is 1. The van der Waals surface area contributed by atoms with Gasteiger partial charge >= 0.3 is 0 Å². The Morgan fingerprint density at radius 2 is 2.04 bits per heavy atom. The van der Waals surface area contributed by atoms with E-state index in [0.29, 0.717) is 19.8 Å². The SMILES string of the molecule is CN=C(NCCCCOCCOC)NCc1nnc2ccccn12.I. The van der Waals surface area contributed by atoms with Crippen LogP contribution in [0.2, 0.25) is 0 Å².